The lowest BCUT2D eigenvalue weighted by Crippen LogP contribution is -2.56. The number of carbonyl (C=O) groups is 4. The van der Waals surface area contributed by atoms with Crippen LogP contribution < -0.4 is 16.4 Å². The fourth-order valence-electron chi connectivity index (χ4n) is 3.40. The van der Waals surface area contributed by atoms with Crippen LogP contribution in [0.4, 0.5) is 0 Å². The van der Waals surface area contributed by atoms with Gasteiger partial charge in [0.1, 0.15) is 12.1 Å². The molecule has 2 heterocycles. The molecule has 4 atom stereocenters. The van der Waals surface area contributed by atoms with Crippen molar-refractivity contribution in [1.29, 1.82) is 0 Å². The quantitative estimate of drug-likeness (QED) is 0.322. The van der Waals surface area contributed by atoms with Gasteiger partial charge in [-0.05, 0) is 18.8 Å². The summed E-state index contributed by atoms with van der Waals surface area (Å²) >= 11 is 0. The number of rotatable bonds is 10. The van der Waals surface area contributed by atoms with Crippen molar-refractivity contribution in [2.75, 3.05) is 13.1 Å². The van der Waals surface area contributed by atoms with Crippen LogP contribution >= 0.6 is 0 Å². The molecule has 3 amide bonds. The zero-order valence-corrected chi connectivity index (χ0v) is 17.3. The third kappa shape index (κ3) is 6.02. The molecule has 4 unspecified atom stereocenters. The Hall–Kier alpha value is -2.95. The first kappa shape index (κ1) is 23.3. The van der Waals surface area contributed by atoms with Crippen LogP contribution in [0, 0.1) is 5.92 Å². The first-order valence-electron chi connectivity index (χ1n) is 10.1. The summed E-state index contributed by atoms with van der Waals surface area (Å²) < 4.78 is 0. The molecular weight excluding hydrogens is 392 g/mol. The molecule has 6 N–H and O–H groups in total. The van der Waals surface area contributed by atoms with Crippen LogP contribution in [0.3, 0.4) is 0 Å². The Morgan fingerprint density at radius 2 is 2.13 bits per heavy atom. The van der Waals surface area contributed by atoms with Gasteiger partial charge < -0.3 is 31.4 Å². The van der Waals surface area contributed by atoms with Crippen molar-refractivity contribution >= 4 is 23.7 Å². The highest BCUT2D eigenvalue weighted by Gasteiger charge is 2.39. The number of nitrogens with one attached hydrogen (secondary N) is 3. The first-order valence-corrected chi connectivity index (χ1v) is 10.1. The van der Waals surface area contributed by atoms with E-state index in [0.717, 1.165) is 0 Å². The summed E-state index contributed by atoms with van der Waals surface area (Å²) in [6.45, 7) is 3.70. The zero-order chi connectivity index (χ0) is 22.3. The van der Waals surface area contributed by atoms with E-state index in [2.05, 4.69) is 20.6 Å². The van der Waals surface area contributed by atoms with Crippen molar-refractivity contribution in [2.24, 2.45) is 11.7 Å². The molecule has 0 bridgehead atoms. The second-order valence-corrected chi connectivity index (χ2v) is 7.56. The van der Waals surface area contributed by atoms with Gasteiger partial charge >= 0.3 is 5.97 Å². The molecule has 30 heavy (non-hydrogen) atoms. The number of imidazole rings is 1. The maximum Gasteiger partial charge on any atom is 0.326 e. The Morgan fingerprint density at radius 1 is 1.40 bits per heavy atom. The fourth-order valence-corrected chi connectivity index (χ4v) is 3.40. The summed E-state index contributed by atoms with van der Waals surface area (Å²) in [5, 5.41) is 14.4. The Morgan fingerprint density at radius 3 is 2.73 bits per heavy atom. The lowest BCUT2D eigenvalue weighted by atomic mass is 9.97. The van der Waals surface area contributed by atoms with Gasteiger partial charge in [0.15, 0.2) is 0 Å². The lowest BCUT2D eigenvalue weighted by Gasteiger charge is -2.30. The Labute approximate surface area is 174 Å². The van der Waals surface area contributed by atoms with Crippen molar-refractivity contribution in [2.45, 2.75) is 57.7 Å². The Kier molecular flexibility index (Phi) is 8.34. The van der Waals surface area contributed by atoms with Crippen molar-refractivity contribution in [1.82, 2.24) is 25.5 Å². The average molecular weight is 422 g/mol. The van der Waals surface area contributed by atoms with E-state index in [1.165, 1.54) is 11.2 Å². The van der Waals surface area contributed by atoms with E-state index < -0.39 is 41.8 Å². The normalized spacial score (nSPS) is 19.0. The monoisotopic (exact) mass is 422 g/mol. The van der Waals surface area contributed by atoms with Crippen LogP contribution in [-0.4, -0.2) is 74.9 Å². The molecular formula is C19H30N6O5. The number of nitrogens with zero attached hydrogens (tertiary/aromatic N) is 2. The number of likely N-dealkylation sites (tertiary alicyclic amines) is 1. The topological polar surface area (TPSA) is 171 Å². The summed E-state index contributed by atoms with van der Waals surface area (Å²) in [4.78, 5) is 56.9. The standard InChI is InChI=1S/C19H30N6O5/c1-3-11(2)16(18(28)25-6-4-5-14(25)19(29)30)24-15(26)9-22-17(27)13(20)7-12-8-21-10-23-12/h8,10-11,13-14,16H,3-7,9,20H2,1-2H3,(H,21,23)(H,22,27)(H,24,26)(H,29,30). The highest BCUT2D eigenvalue weighted by Crippen LogP contribution is 2.21. The number of carbonyl (C=O) groups excluding carboxylic acids is 3. The molecule has 0 spiro atoms. The SMILES string of the molecule is CCC(C)C(NC(=O)CNC(=O)C(N)Cc1cnc[nH]1)C(=O)N1CCCC1C(=O)O. The van der Waals surface area contributed by atoms with E-state index in [4.69, 9.17) is 5.73 Å². The average Bonchev–Trinajstić information content (AvgIpc) is 3.40. The van der Waals surface area contributed by atoms with E-state index in [0.29, 0.717) is 31.5 Å². The zero-order valence-electron chi connectivity index (χ0n) is 17.3. The van der Waals surface area contributed by atoms with E-state index in [1.807, 2.05) is 13.8 Å². The number of aliphatic carboxylic acids is 1. The number of carboxylic acid groups (broad SMARTS) is 1. The van der Waals surface area contributed by atoms with Gasteiger partial charge in [0, 0.05) is 24.9 Å². The number of carboxylic acids is 1. The Balaban J connectivity index is 1.92. The molecule has 0 saturated carbocycles. The third-order valence-corrected chi connectivity index (χ3v) is 5.37. The van der Waals surface area contributed by atoms with Gasteiger partial charge in [-0.15, -0.1) is 0 Å². The minimum Gasteiger partial charge on any atom is -0.480 e. The number of H-pyrrole nitrogens is 1. The molecule has 1 fully saturated rings. The number of aromatic amines is 1. The van der Waals surface area contributed by atoms with Gasteiger partial charge in [-0.1, -0.05) is 20.3 Å². The van der Waals surface area contributed by atoms with Gasteiger partial charge in [-0.3, -0.25) is 14.4 Å². The molecule has 1 saturated heterocycles. The molecule has 1 aliphatic rings. The van der Waals surface area contributed by atoms with Gasteiger partial charge in [0.2, 0.25) is 17.7 Å². The van der Waals surface area contributed by atoms with Crippen LogP contribution in [0.2, 0.25) is 0 Å². The van der Waals surface area contributed by atoms with Gasteiger partial charge in [-0.25, -0.2) is 9.78 Å². The molecule has 1 aromatic heterocycles. The maximum atomic E-state index is 13.0. The predicted octanol–water partition coefficient (Wildman–Crippen LogP) is -0.998. The van der Waals surface area contributed by atoms with Crippen molar-refractivity contribution in [3.63, 3.8) is 0 Å². The predicted molar refractivity (Wildman–Crippen MR) is 107 cm³/mol. The molecule has 166 valence electrons. The minimum absolute atomic E-state index is 0.199. The molecule has 0 aliphatic carbocycles. The summed E-state index contributed by atoms with van der Waals surface area (Å²) in [6, 6.07) is -2.59. The molecule has 1 aliphatic heterocycles. The van der Waals surface area contributed by atoms with Crippen LogP contribution in [0.15, 0.2) is 12.5 Å². The van der Waals surface area contributed by atoms with Gasteiger partial charge in [0.25, 0.3) is 0 Å². The highest BCUT2D eigenvalue weighted by molar-refractivity contribution is 5.93. The fraction of sp³-hybridized carbons (Fsp3) is 0.632. The van der Waals surface area contributed by atoms with Crippen LogP contribution in [0.1, 0.15) is 38.8 Å². The summed E-state index contributed by atoms with van der Waals surface area (Å²) in [7, 11) is 0. The van der Waals surface area contributed by atoms with Crippen molar-refractivity contribution < 1.29 is 24.3 Å². The second kappa shape index (κ2) is 10.7. The van der Waals surface area contributed by atoms with Crippen LogP contribution in [-0.2, 0) is 25.6 Å². The van der Waals surface area contributed by atoms with E-state index >= 15 is 0 Å². The Bertz CT molecular complexity index is 753. The number of amides is 3. The molecule has 2 rings (SSSR count). The minimum atomic E-state index is -1.05. The molecule has 11 heteroatoms. The summed E-state index contributed by atoms with van der Waals surface area (Å²) in [5.41, 5.74) is 6.53. The van der Waals surface area contributed by atoms with E-state index in [9.17, 15) is 24.3 Å². The van der Waals surface area contributed by atoms with Crippen LogP contribution in [0.25, 0.3) is 0 Å². The molecule has 11 nitrogen and oxygen atoms in total. The smallest absolute Gasteiger partial charge is 0.326 e. The highest BCUT2D eigenvalue weighted by atomic mass is 16.4. The number of nitrogens with two attached hydrogens (primary N) is 1. The van der Waals surface area contributed by atoms with Gasteiger partial charge in [-0.2, -0.15) is 0 Å². The van der Waals surface area contributed by atoms with Crippen LogP contribution in [0.5, 0.6) is 0 Å². The number of aromatic nitrogens is 2. The third-order valence-electron chi connectivity index (χ3n) is 5.37. The number of hydrogen-bond donors (Lipinski definition) is 5. The first-order chi connectivity index (χ1) is 14.2. The van der Waals surface area contributed by atoms with E-state index in [-0.39, 0.29) is 18.9 Å². The van der Waals surface area contributed by atoms with Gasteiger partial charge in [0.05, 0.1) is 18.9 Å². The number of hydrogen-bond acceptors (Lipinski definition) is 6. The summed E-state index contributed by atoms with van der Waals surface area (Å²) in [5.74, 6) is -2.70. The van der Waals surface area contributed by atoms with E-state index in [1.54, 1.807) is 6.20 Å². The largest absolute Gasteiger partial charge is 0.480 e. The van der Waals surface area contributed by atoms with Crippen molar-refractivity contribution in [3.8, 4) is 0 Å². The molecule has 0 aromatic carbocycles. The lowest BCUT2D eigenvalue weighted by molar-refractivity contribution is -0.150. The van der Waals surface area contributed by atoms with Crippen molar-refractivity contribution in [3.05, 3.63) is 18.2 Å². The maximum absolute atomic E-state index is 13.0. The second-order valence-electron chi connectivity index (χ2n) is 7.56. The summed E-state index contributed by atoms with van der Waals surface area (Å²) in [6.07, 6.45) is 4.90. The molecule has 0 radical (unpaired) electrons. The molecule has 1 aromatic rings.